The summed E-state index contributed by atoms with van der Waals surface area (Å²) in [4.78, 5) is 13.2. The van der Waals surface area contributed by atoms with E-state index in [2.05, 4.69) is 4.99 Å². The Bertz CT molecular complexity index is 187. The Morgan fingerprint density at radius 3 is 2.17 bits per heavy atom. The number of isocyanates is 1. The summed E-state index contributed by atoms with van der Waals surface area (Å²) >= 11 is 6.06. The summed E-state index contributed by atoms with van der Waals surface area (Å²) in [5.41, 5.74) is -0.0251. The van der Waals surface area contributed by atoms with Gasteiger partial charge in [0, 0.05) is 4.87 Å². The highest BCUT2D eigenvalue weighted by molar-refractivity contribution is 6.23. The van der Waals surface area contributed by atoms with E-state index < -0.39 is 0 Å². The largest absolute Gasteiger partial charge is 0.234 e. The standard InChI is InChI=1S/C9H16ClNO/c1-8(2,6-11-7-12)5-9(3,4)10/h5-6H2,1-4H3. The van der Waals surface area contributed by atoms with Gasteiger partial charge in [0.15, 0.2) is 0 Å². The van der Waals surface area contributed by atoms with Crippen LogP contribution in [-0.2, 0) is 4.79 Å². The van der Waals surface area contributed by atoms with Crippen molar-refractivity contribution in [1.82, 2.24) is 0 Å². The van der Waals surface area contributed by atoms with Crippen LogP contribution in [-0.4, -0.2) is 17.5 Å². The third-order valence-corrected chi connectivity index (χ3v) is 1.60. The highest BCUT2D eigenvalue weighted by Crippen LogP contribution is 2.31. The van der Waals surface area contributed by atoms with Gasteiger partial charge in [-0.05, 0) is 25.7 Å². The second kappa shape index (κ2) is 4.06. The molecule has 0 saturated heterocycles. The van der Waals surface area contributed by atoms with Crippen molar-refractivity contribution in [2.24, 2.45) is 10.4 Å². The SMILES string of the molecule is CC(C)(Cl)CC(C)(C)CN=C=O. The average Bonchev–Trinajstić information content (AvgIpc) is 1.78. The van der Waals surface area contributed by atoms with Gasteiger partial charge in [0.25, 0.3) is 0 Å². The molecule has 0 unspecified atom stereocenters. The van der Waals surface area contributed by atoms with Crippen molar-refractivity contribution in [3.05, 3.63) is 0 Å². The summed E-state index contributed by atoms with van der Waals surface area (Å²) in [6.07, 6.45) is 2.37. The van der Waals surface area contributed by atoms with E-state index in [4.69, 9.17) is 11.6 Å². The van der Waals surface area contributed by atoms with Crippen LogP contribution in [0.25, 0.3) is 0 Å². The van der Waals surface area contributed by atoms with Crippen LogP contribution >= 0.6 is 11.6 Å². The van der Waals surface area contributed by atoms with Crippen molar-refractivity contribution >= 4 is 17.7 Å². The first-order chi connectivity index (χ1) is 5.27. The predicted molar refractivity (Wildman–Crippen MR) is 51.3 cm³/mol. The molecular weight excluding hydrogens is 174 g/mol. The Balaban J connectivity index is 4.12. The molecule has 0 aromatic heterocycles. The van der Waals surface area contributed by atoms with E-state index in [9.17, 15) is 4.79 Å². The third kappa shape index (κ3) is 6.38. The number of hydrogen-bond acceptors (Lipinski definition) is 2. The van der Waals surface area contributed by atoms with Crippen LogP contribution in [0.4, 0.5) is 0 Å². The van der Waals surface area contributed by atoms with E-state index in [1.54, 1.807) is 6.08 Å². The maximum absolute atomic E-state index is 9.89. The van der Waals surface area contributed by atoms with Crippen LogP contribution in [0, 0.1) is 5.41 Å². The van der Waals surface area contributed by atoms with E-state index in [0.29, 0.717) is 6.54 Å². The Labute approximate surface area is 79.0 Å². The van der Waals surface area contributed by atoms with E-state index in [0.717, 1.165) is 6.42 Å². The maximum Gasteiger partial charge on any atom is 0.234 e. The van der Waals surface area contributed by atoms with Gasteiger partial charge in [0.05, 0.1) is 6.54 Å². The molecule has 0 fully saturated rings. The minimum atomic E-state index is -0.234. The lowest BCUT2D eigenvalue weighted by molar-refractivity contribution is 0.312. The molecule has 0 aromatic rings. The second-order valence-electron chi connectivity index (χ2n) is 4.47. The highest BCUT2D eigenvalue weighted by Gasteiger charge is 2.26. The number of rotatable bonds is 4. The lowest BCUT2D eigenvalue weighted by Crippen LogP contribution is -2.25. The molecule has 0 aliphatic carbocycles. The zero-order valence-corrected chi connectivity index (χ0v) is 8.90. The first kappa shape index (κ1) is 11.7. The van der Waals surface area contributed by atoms with Gasteiger partial charge < -0.3 is 0 Å². The van der Waals surface area contributed by atoms with Crippen LogP contribution in [0.3, 0.4) is 0 Å². The predicted octanol–water partition coefficient (Wildman–Crippen LogP) is 2.76. The number of halogens is 1. The smallest absolute Gasteiger partial charge is 0.211 e. The van der Waals surface area contributed by atoms with Crippen LogP contribution in [0.1, 0.15) is 34.1 Å². The molecule has 0 amide bonds. The molecule has 0 heterocycles. The topological polar surface area (TPSA) is 29.4 Å². The number of alkyl halides is 1. The normalized spacial score (nSPS) is 12.4. The molecule has 0 saturated carbocycles. The molecule has 0 atom stereocenters. The van der Waals surface area contributed by atoms with Gasteiger partial charge in [0.2, 0.25) is 6.08 Å². The Morgan fingerprint density at radius 1 is 1.33 bits per heavy atom. The summed E-state index contributed by atoms with van der Waals surface area (Å²) < 4.78 is 0. The fourth-order valence-corrected chi connectivity index (χ4v) is 1.80. The first-order valence-electron chi connectivity index (χ1n) is 3.99. The van der Waals surface area contributed by atoms with Crippen molar-refractivity contribution in [1.29, 1.82) is 0 Å². The molecule has 0 rings (SSSR count). The van der Waals surface area contributed by atoms with Crippen LogP contribution in [0.5, 0.6) is 0 Å². The van der Waals surface area contributed by atoms with Gasteiger partial charge in [-0.25, -0.2) is 9.79 Å². The molecule has 0 spiro atoms. The summed E-state index contributed by atoms with van der Waals surface area (Å²) in [7, 11) is 0. The molecule has 0 N–H and O–H groups in total. The van der Waals surface area contributed by atoms with Crippen LogP contribution in [0.15, 0.2) is 4.99 Å². The van der Waals surface area contributed by atoms with Crippen molar-refractivity contribution in [2.45, 2.75) is 39.0 Å². The first-order valence-corrected chi connectivity index (χ1v) is 4.37. The average molecular weight is 190 g/mol. The molecule has 0 radical (unpaired) electrons. The van der Waals surface area contributed by atoms with Gasteiger partial charge >= 0.3 is 0 Å². The molecule has 12 heavy (non-hydrogen) atoms. The fraction of sp³-hybridized carbons (Fsp3) is 0.889. The molecule has 3 heteroatoms. The lowest BCUT2D eigenvalue weighted by Gasteiger charge is -2.28. The quantitative estimate of drug-likeness (QED) is 0.380. The van der Waals surface area contributed by atoms with Gasteiger partial charge in [-0.15, -0.1) is 11.6 Å². The zero-order valence-electron chi connectivity index (χ0n) is 8.15. The van der Waals surface area contributed by atoms with E-state index in [-0.39, 0.29) is 10.3 Å². The molecule has 2 nitrogen and oxygen atoms in total. The Hall–Kier alpha value is -0.330. The highest BCUT2D eigenvalue weighted by atomic mass is 35.5. The minimum absolute atomic E-state index is 0.0251. The fourth-order valence-electron chi connectivity index (χ4n) is 1.44. The zero-order chi connectivity index (χ0) is 9.83. The van der Waals surface area contributed by atoms with Crippen LogP contribution in [0.2, 0.25) is 0 Å². The minimum Gasteiger partial charge on any atom is -0.211 e. The van der Waals surface area contributed by atoms with E-state index in [1.165, 1.54) is 0 Å². The molecule has 0 bridgehead atoms. The molecule has 0 aromatic carbocycles. The number of carbonyl (C=O) groups excluding carboxylic acids is 1. The van der Waals surface area contributed by atoms with E-state index in [1.807, 2.05) is 27.7 Å². The van der Waals surface area contributed by atoms with Gasteiger partial charge in [-0.1, -0.05) is 13.8 Å². The van der Waals surface area contributed by atoms with Crippen LogP contribution < -0.4 is 0 Å². The summed E-state index contributed by atoms with van der Waals surface area (Å²) in [5.74, 6) is 0. The van der Waals surface area contributed by atoms with Gasteiger partial charge in [-0.2, -0.15) is 0 Å². The summed E-state index contributed by atoms with van der Waals surface area (Å²) in [6, 6.07) is 0. The third-order valence-electron chi connectivity index (χ3n) is 1.47. The molecule has 70 valence electrons. The monoisotopic (exact) mass is 189 g/mol. The van der Waals surface area contributed by atoms with Crippen molar-refractivity contribution in [3.8, 4) is 0 Å². The Kier molecular flexibility index (Phi) is 3.95. The number of aliphatic imine (C=N–C) groups is 1. The van der Waals surface area contributed by atoms with Crippen molar-refractivity contribution < 1.29 is 4.79 Å². The number of nitrogens with zero attached hydrogens (tertiary/aromatic N) is 1. The maximum atomic E-state index is 9.89. The van der Waals surface area contributed by atoms with Gasteiger partial charge in [0.1, 0.15) is 0 Å². The molecule has 0 aliphatic heterocycles. The summed E-state index contributed by atoms with van der Waals surface area (Å²) in [5, 5.41) is 0. The summed E-state index contributed by atoms with van der Waals surface area (Å²) in [6.45, 7) is 8.49. The molecular formula is C9H16ClNO. The number of hydrogen-bond donors (Lipinski definition) is 0. The second-order valence-corrected chi connectivity index (χ2v) is 5.49. The van der Waals surface area contributed by atoms with Crippen molar-refractivity contribution in [2.75, 3.05) is 6.54 Å². The Morgan fingerprint density at radius 2 is 1.83 bits per heavy atom. The van der Waals surface area contributed by atoms with E-state index >= 15 is 0 Å². The lowest BCUT2D eigenvalue weighted by atomic mass is 9.84. The van der Waals surface area contributed by atoms with Crippen molar-refractivity contribution in [3.63, 3.8) is 0 Å². The molecule has 0 aliphatic rings. The van der Waals surface area contributed by atoms with Gasteiger partial charge in [-0.3, -0.25) is 0 Å².